The first kappa shape index (κ1) is 8.99. The Kier molecular flexibility index (Phi) is 2.06. The number of carbonyl (C=O) groups excluding carboxylic acids is 2. The molecule has 4 nitrogen and oxygen atoms in total. The van der Waals surface area contributed by atoms with Gasteiger partial charge in [-0.3, -0.25) is 9.59 Å². The van der Waals surface area contributed by atoms with E-state index in [1.54, 1.807) is 0 Å². The van der Waals surface area contributed by atoms with E-state index in [0.29, 0.717) is 6.42 Å². The number of nitrogens with one attached hydrogen (secondary N) is 1. The molecule has 0 aromatic heterocycles. The minimum Gasteiger partial charge on any atom is -0.460 e. The van der Waals surface area contributed by atoms with Gasteiger partial charge in [0.05, 0.1) is 16.8 Å². The van der Waals surface area contributed by atoms with Crippen LogP contribution < -0.4 is 5.32 Å². The first-order valence-corrected chi connectivity index (χ1v) is 5.13. The predicted octanol–water partition coefficient (Wildman–Crippen LogP) is 0.200. The smallest absolute Gasteiger partial charge is 0.302 e. The Morgan fingerprint density at radius 1 is 1.69 bits per heavy atom. The fourth-order valence-corrected chi connectivity index (χ4v) is 2.94. The lowest BCUT2D eigenvalue weighted by Crippen LogP contribution is -2.43. The topological polar surface area (TPSA) is 55.4 Å². The number of ether oxygens (including phenoxy) is 1. The fraction of sp³-hybridized carbons (Fsp3) is 0.750. The molecule has 4 atom stereocenters. The molecule has 1 N–H and O–H groups in total. The van der Waals surface area contributed by atoms with Crippen LogP contribution in [0, 0.1) is 5.92 Å². The minimum atomic E-state index is -0.286. The second kappa shape index (κ2) is 2.97. The van der Waals surface area contributed by atoms with Gasteiger partial charge in [-0.25, -0.2) is 0 Å². The standard InChI is InChI=1S/C8H10BrNO3/c1-3(11)13-5-2-4-6(9)7(5)10-8(4)12/h4-7H,2H2,1H3,(H,10,12)/t4-,5-,6-,7+/m0/s1. The largest absolute Gasteiger partial charge is 0.460 e. The molecule has 13 heavy (non-hydrogen) atoms. The lowest BCUT2D eigenvalue weighted by atomic mass is 10.1. The van der Waals surface area contributed by atoms with Gasteiger partial charge in [0, 0.05) is 6.92 Å². The molecule has 1 saturated carbocycles. The quantitative estimate of drug-likeness (QED) is 0.532. The monoisotopic (exact) mass is 247 g/mol. The van der Waals surface area contributed by atoms with Crippen LogP contribution in [0.5, 0.6) is 0 Å². The Hall–Kier alpha value is -0.580. The van der Waals surface area contributed by atoms with Crippen molar-refractivity contribution in [2.75, 3.05) is 0 Å². The van der Waals surface area contributed by atoms with Gasteiger partial charge in [-0.2, -0.15) is 0 Å². The van der Waals surface area contributed by atoms with Crippen LogP contribution in [0.2, 0.25) is 0 Å². The van der Waals surface area contributed by atoms with Crippen LogP contribution in [0.25, 0.3) is 0 Å². The summed E-state index contributed by atoms with van der Waals surface area (Å²) in [5.74, 6) is -0.254. The molecular weight excluding hydrogens is 238 g/mol. The first-order valence-electron chi connectivity index (χ1n) is 4.21. The molecule has 1 heterocycles. The first-order chi connectivity index (χ1) is 6.09. The molecule has 0 aromatic rings. The van der Waals surface area contributed by atoms with Crippen molar-refractivity contribution in [2.24, 2.45) is 5.92 Å². The molecule has 0 spiro atoms. The Morgan fingerprint density at radius 3 is 2.77 bits per heavy atom. The maximum atomic E-state index is 11.2. The zero-order valence-corrected chi connectivity index (χ0v) is 8.71. The summed E-state index contributed by atoms with van der Waals surface area (Å²) < 4.78 is 5.08. The van der Waals surface area contributed by atoms with E-state index in [1.165, 1.54) is 6.92 Å². The molecule has 1 saturated heterocycles. The second-order valence-corrected chi connectivity index (χ2v) is 4.53. The van der Waals surface area contributed by atoms with Crippen molar-refractivity contribution in [1.29, 1.82) is 0 Å². The number of halogens is 1. The van der Waals surface area contributed by atoms with Gasteiger partial charge in [-0.05, 0) is 6.42 Å². The Labute approximate surface area is 84.1 Å². The normalized spacial score (nSPS) is 41.8. The summed E-state index contributed by atoms with van der Waals surface area (Å²) in [5.41, 5.74) is 0. The summed E-state index contributed by atoms with van der Waals surface area (Å²) >= 11 is 3.43. The van der Waals surface area contributed by atoms with Gasteiger partial charge in [-0.15, -0.1) is 0 Å². The van der Waals surface area contributed by atoms with E-state index in [-0.39, 0.29) is 34.8 Å². The summed E-state index contributed by atoms with van der Waals surface area (Å²) in [7, 11) is 0. The molecule has 1 aliphatic heterocycles. The van der Waals surface area contributed by atoms with Crippen LogP contribution in [0.1, 0.15) is 13.3 Å². The molecular formula is C8H10BrNO3. The van der Waals surface area contributed by atoms with E-state index in [1.807, 2.05) is 0 Å². The molecule has 2 rings (SSSR count). The van der Waals surface area contributed by atoms with E-state index in [2.05, 4.69) is 21.2 Å². The summed E-state index contributed by atoms with van der Waals surface area (Å²) in [4.78, 5) is 22.0. The third-order valence-electron chi connectivity index (χ3n) is 2.58. The summed E-state index contributed by atoms with van der Waals surface area (Å²) in [5, 5.41) is 2.80. The number of fused-ring (bicyclic) bond motifs is 2. The Morgan fingerprint density at radius 2 is 2.38 bits per heavy atom. The molecule has 1 amide bonds. The third kappa shape index (κ3) is 1.35. The van der Waals surface area contributed by atoms with Crippen LogP contribution >= 0.6 is 15.9 Å². The van der Waals surface area contributed by atoms with E-state index < -0.39 is 0 Å². The van der Waals surface area contributed by atoms with Crippen LogP contribution in [-0.2, 0) is 14.3 Å². The molecule has 2 aliphatic rings. The number of carbonyl (C=O) groups is 2. The highest BCUT2D eigenvalue weighted by Crippen LogP contribution is 2.39. The lowest BCUT2D eigenvalue weighted by molar-refractivity contribution is -0.149. The minimum absolute atomic E-state index is 0.0330. The molecule has 2 bridgehead atoms. The molecule has 0 unspecified atom stereocenters. The van der Waals surface area contributed by atoms with E-state index in [9.17, 15) is 9.59 Å². The highest BCUT2D eigenvalue weighted by Gasteiger charge is 2.53. The maximum absolute atomic E-state index is 11.2. The van der Waals surface area contributed by atoms with Gasteiger partial charge in [0.2, 0.25) is 5.91 Å². The summed E-state index contributed by atoms with van der Waals surface area (Å²) in [6.45, 7) is 1.39. The van der Waals surface area contributed by atoms with Gasteiger partial charge < -0.3 is 10.1 Å². The molecule has 0 aromatic carbocycles. The number of hydrogen-bond acceptors (Lipinski definition) is 3. The second-order valence-electron chi connectivity index (χ2n) is 3.47. The highest BCUT2D eigenvalue weighted by molar-refractivity contribution is 9.09. The van der Waals surface area contributed by atoms with Crippen LogP contribution in [-0.4, -0.2) is 28.8 Å². The number of amides is 1. The summed E-state index contributed by atoms with van der Waals surface area (Å²) in [6.07, 6.45) is 0.496. The number of alkyl halides is 1. The van der Waals surface area contributed by atoms with Crippen molar-refractivity contribution >= 4 is 27.8 Å². The van der Waals surface area contributed by atoms with Crippen molar-refractivity contribution in [1.82, 2.24) is 5.32 Å². The van der Waals surface area contributed by atoms with Crippen molar-refractivity contribution < 1.29 is 14.3 Å². The van der Waals surface area contributed by atoms with Gasteiger partial charge in [0.1, 0.15) is 6.10 Å². The van der Waals surface area contributed by atoms with Crippen molar-refractivity contribution in [3.8, 4) is 0 Å². The molecule has 1 aliphatic carbocycles. The predicted molar refractivity (Wildman–Crippen MR) is 48.3 cm³/mol. The average Bonchev–Trinajstić information content (AvgIpc) is 2.43. The molecule has 0 radical (unpaired) electrons. The third-order valence-corrected chi connectivity index (χ3v) is 3.78. The highest BCUT2D eigenvalue weighted by atomic mass is 79.9. The number of esters is 1. The van der Waals surface area contributed by atoms with E-state index >= 15 is 0 Å². The molecule has 72 valence electrons. The van der Waals surface area contributed by atoms with Gasteiger partial charge >= 0.3 is 5.97 Å². The maximum Gasteiger partial charge on any atom is 0.302 e. The van der Waals surface area contributed by atoms with Crippen LogP contribution in [0.15, 0.2) is 0 Å². The Balaban J connectivity index is 2.06. The van der Waals surface area contributed by atoms with Gasteiger partial charge in [0.25, 0.3) is 0 Å². The van der Waals surface area contributed by atoms with Crippen molar-refractivity contribution in [3.05, 3.63) is 0 Å². The SMILES string of the molecule is CC(=O)O[C@H]1C[C@@H]2C(=O)N[C@H]1[C@H]2Br. The van der Waals surface area contributed by atoms with Crippen molar-refractivity contribution in [3.63, 3.8) is 0 Å². The van der Waals surface area contributed by atoms with E-state index in [4.69, 9.17) is 4.74 Å². The zero-order chi connectivity index (χ0) is 9.59. The van der Waals surface area contributed by atoms with Crippen LogP contribution in [0.4, 0.5) is 0 Å². The van der Waals surface area contributed by atoms with Gasteiger partial charge in [-0.1, -0.05) is 15.9 Å². The lowest BCUT2D eigenvalue weighted by Gasteiger charge is -2.21. The molecule has 2 fully saturated rings. The number of rotatable bonds is 1. The average molecular weight is 248 g/mol. The molecule has 5 heteroatoms. The summed E-state index contributed by atoms with van der Waals surface area (Å²) in [6, 6.07) is -0.0404. The van der Waals surface area contributed by atoms with Gasteiger partial charge in [0.15, 0.2) is 0 Å². The fourth-order valence-electron chi connectivity index (χ4n) is 2.01. The number of piperidine rings is 1. The Bertz CT molecular complexity index is 268. The zero-order valence-electron chi connectivity index (χ0n) is 7.12. The number of hydrogen-bond donors (Lipinski definition) is 1. The van der Waals surface area contributed by atoms with Crippen LogP contribution in [0.3, 0.4) is 0 Å². The van der Waals surface area contributed by atoms with E-state index in [0.717, 1.165) is 0 Å². The van der Waals surface area contributed by atoms with Crippen molar-refractivity contribution in [2.45, 2.75) is 30.3 Å².